The van der Waals surface area contributed by atoms with Crippen molar-refractivity contribution in [2.75, 3.05) is 19.6 Å². The van der Waals surface area contributed by atoms with Crippen LogP contribution in [0.5, 0.6) is 0 Å². The Morgan fingerprint density at radius 1 is 1.45 bits per heavy atom. The number of rotatable bonds is 5. The van der Waals surface area contributed by atoms with Crippen LogP contribution in [0.1, 0.15) is 25.3 Å². The average Bonchev–Trinajstić information content (AvgIpc) is 2.50. The Morgan fingerprint density at radius 2 is 2.14 bits per heavy atom. The molecule has 1 aromatic carbocycles. The first-order valence-electron chi connectivity index (χ1n) is 7.79. The van der Waals surface area contributed by atoms with Gasteiger partial charge in [0, 0.05) is 12.0 Å². The number of carbonyl (C=O) groups is 1. The lowest BCUT2D eigenvalue weighted by Gasteiger charge is -2.30. The van der Waals surface area contributed by atoms with Crippen LogP contribution >= 0.6 is 0 Å². The summed E-state index contributed by atoms with van der Waals surface area (Å²) in [7, 11) is 0. The summed E-state index contributed by atoms with van der Waals surface area (Å²) in [5.74, 6) is 2.53. The molecule has 2 rings (SSSR count). The van der Waals surface area contributed by atoms with E-state index in [9.17, 15) is 9.18 Å². The van der Waals surface area contributed by atoms with Crippen molar-refractivity contribution >= 4 is 5.91 Å². The van der Waals surface area contributed by atoms with Crippen molar-refractivity contribution in [2.45, 2.75) is 32.2 Å². The summed E-state index contributed by atoms with van der Waals surface area (Å²) in [6.45, 7) is 4.30. The minimum absolute atomic E-state index is 0.0390. The predicted octanol–water partition coefficient (Wildman–Crippen LogP) is 2.22. The molecule has 3 nitrogen and oxygen atoms in total. The van der Waals surface area contributed by atoms with Gasteiger partial charge in [-0.05, 0) is 50.9 Å². The van der Waals surface area contributed by atoms with Gasteiger partial charge in [0.05, 0.1) is 6.54 Å². The number of hydrogen-bond acceptors (Lipinski definition) is 2. The molecule has 0 bridgehead atoms. The number of terminal acetylenes is 1. The molecule has 1 aromatic rings. The number of hydrogen-bond donors (Lipinski definition) is 1. The molecule has 1 atom stereocenters. The maximum atomic E-state index is 13.6. The summed E-state index contributed by atoms with van der Waals surface area (Å²) in [5, 5.41) is 3.01. The van der Waals surface area contributed by atoms with Crippen LogP contribution in [-0.4, -0.2) is 36.5 Å². The zero-order chi connectivity index (χ0) is 15.9. The van der Waals surface area contributed by atoms with Gasteiger partial charge in [-0.25, -0.2) is 4.39 Å². The lowest BCUT2D eigenvalue weighted by molar-refractivity contribution is -0.127. The monoisotopic (exact) mass is 302 g/mol. The summed E-state index contributed by atoms with van der Waals surface area (Å²) < 4.78 is 13.6. The highest BCUT2D eigenvalue weighted by Gasteiger charge is 2.25. The Hall–Kier alpha value is -1.86. The molecule has 0 saturated carbocycles. The molecule has 1 N–H and O–H groups in total. The van der Waals surface area contributed by atoms with E-state index in [-0.39, 0.29) is 23.7 Å². The third-order valence-electron chi connectivity index (χ3n) is 4.15. The zero-order valence-corrected chi connectivity index (χ0v) is 13.0. The van der Waals surface area contributed by atoms with Gasteiger partial charge < -0.3 is 5.32 Å². The van der Waals surface area contributed by atoms with Crippen LogP contribution in [0.4, 0.5) is 4.39 Å². The van der Waals surface area contributed by atoms with Crippen LogP contribution in [0.2, 0.25) is 0 Å². The largest absolute Gasteiger partial charge is 0.353 e. The van der Waals surface area contributed by atoms with Crippen LogP contribution in [0.3, 0.4) is 0 Å². The van der Waals surface area contributed by atoms with Gasteiger partial charge in [-0.1, -0.05) is 24.1 Å². The van der Waals surface area contributed by atoms with Gasteiger partial charge in [0.25, 0.3) is 0 Å². The van der Waals surface area contributed by atoms with E-state index in [1.165, 1.54) is 6.07 Å². The third-order valence-corrected chi connectivity index (χ3v) is 4.15. The van der Waals surface area contributed by atoms with Crippen molar-refractivity contribution in [3.05, 3.63) is 35.6 Å². The van der Waals surface area contributed by atoms with Gasteiger partial charge in [-0.15, -0.1) is 6.42 Å². The summed E-state index contributed by atoms with van der Waals surface area (Å²) in [6.07, 6.45) is 7.48. The van der Waals surface area contributed by atoms with Gasteiger partial charge in [0.2, 0.25) is 5.91 Å². The van der Waals surface area contributed by atoms with Crippen molar-refractivity contribution in [2.24, 2.45) is 5.92 Å². The summed E-state index contributed by atoms with van der Waals surface area (Å²) in [6, 6.07) is 6.62. The molecular weight excluding hydrogens is 279 g/mol. The fourth-order valence-electron chi connectivity index (χ4n) is 2.89. The van der Waals surface area contributed by atoms with E-state index in [0.29, 0.717) is 18.5 Å². The lowest BCUT2D eigenvalue weighted by atomic mass is 9.95. The second-order valence-electron chi connectivity index (χ2n) is 5.96. The van der Waals surface area contributed by atoms with E-state index in [1.54, 1.807) is 12.1 Å². The maximum Gasteiger partial charge on any atom is 0.223 e. The first-order valence-corrected chi connectivity index (χ1v) is 7.79. The number of carbonyl (C=O) groups excluding carboxylic acids is 1. The zero-order valence-electron chi connectivity index (χ0n) is 13.0. The van der Waals surface area contributed by atoms with E-state index >= 15 is 0 Å². The number of halogens is 1. The highest BCUT2D eigenvalue weighted by atomic mass is 19.1. The van der Waals surface area contributed by atoms with Crippen molar-refractivity contribution in [3.63, 3.8) is 0 Å². The Kier molecular flexibility index (Phi) is 5.97. The average molecular weight is 302 g/mol. The molecule has 1 aliphatic rings. The summed E-state index contributed by atoms with van der Waals surface area (Å²) >= 11 is 0. The molecule has 0 aliphatic carbocycles. The standard InChI is InChI=1S/C18H23FN2O/c1-3-10-21-11-8-15(9-12-21)18(22)20-14(2)13-16-6-4-5-7-17(16)19/h1,4-7,14-15H,8-13H2,2H3,(H,20,22). The van der Waals surface area contributed by atoms with Gasteiger partial charge in [-0.2, -0.15) is 0 Å². The fourth-order valence-corrected chi connectivity index (χ4v) is 2.89. The fraction of sp³-hybridized carbons (Fsp3) is 0.500. The van der Waals surface area contributed by atoms with Crippen LogP contribution in [0, 0.1) is 24.1 Å². The van der Waals surface area contributed by atoms with E-state index in [4.69, 9.17) is 6.42 Å². The number of likely N-dealkylation sites (tertiary alicyclic amines) is 1. The van der Waals surface area contributed by atoms with Gasteiger partial charge in [-0.3, -0.25) is 9.69 Å². The van der Waals surface area contributed by atoms with Crippen LogP contribution < -0.4 is 5.32 Å². The Balaban J connectivity index is 1.80. The van der Waals surface area contributed by atoms with Gasteiger partial charge in [0.15, 0.2) is 0 Å². The van der Waals surface area contributed by atoms with E-state index in [0.717, 1.165) is 25.9 Å². The highest BCUT2D eigenvalue weighted by molar-refractivity contribution is 5.79. The first kappa shape index (κ1) is 16.5. The Labute approximate surface area is 131 Å². The van der Waals surface area contributed by atoms with E-state index in [2.05, 4.69) is 16.1 Å². The van der Waals surface area contributed by atoms with Crippen LogP contribution in [-0.2, 0) is 11.2 Å². The quantitative estimate of drug-likeness (QED) is 0.846. The molecule has 0 spiro atoms. The summed E-state index contributed by atoms with van der Waals surface area (Å²) in [4.78, 5) is 14.5. The molecule has 1 amide bonds. The molecule has 0 aromatic heterocycles. The van der Waals surface area contributed by atoms with E-state index < -0.39 is 0 Å². The second kappa shape index (κ2) is 7.95. The number of piperidine rings is 1. The molecule has 4 heteroatoms. The maximum absolute atomic E-state index is 13.6. The Morgan fingerprint density at radius 3 is 2.77 bits per heavy atom. The van der Waals surface area contributed by atoms with Crippen LogP contribution in [0.25, 0.3) is 0 Å². The summed E-state index contributed by atoms with van der Waals surface area (Å²) in [5.41, 5.74) is 0.638. The first-order chi connectivity index (χ1) is 10.6. The molecule has 1 aliphatic heterocycles. The third kappa shape index (κ3) is 4.57. The van der Waals surface area contributed by atoms with Gasteiger partial charge in [0.1, 0.15) is 5.82 Å². The van der Waals surface area contributed by atoms with Crippen molar-refractivity contribution in [3.8, 4) is 12.3 Å². The second-order valence-corrected chi connectivity index (χ2v) is 5.96. The molecule has 1 unspecified atom stereocenters. The molecule has 0 radical (unpaired) electrons. The molecule has 1 saturated heterocycles. The molecule has 1 heterocycles. The molecule has 1 fully saturated rings. The van der Waals surface area contributed by atoms with Crippen LogP contribution in [0.15, 0.2) is 24.3 Å². The number of amides is 1. The Bertz CT molecular complexity index is 544. The molecule has 118 valence electrons. The predicted molar refractivity (Wildman–Crippen MR) is 85.7 cm³/mol. The number of nitrogens with zero attached hydrogens (tertiary/aromatic N) is 1. The normalized spacial score (nSPS) is 17.7. The van der Waals surface area contributed by atoms with Gasteiger partial charge >= 0.3 is 0 Å². The van der Waals surface area contributed by atoms with Crippen molar-refractivity contribution < 1.29 is 9.18 Å². The number of nitrogens with one attached hydrogen (secondary N) is 1. The highest BCUT2D eigenvalue weighted by Crippen LogP contribution is 2.17. The molecular formula is C18H23FN2O. The van der Waals surface area contributed by atoms with Crippen molar-refractivity contribution in [1.29, 1.82) is 0 Å². The SMILES string of the molecule is C#CCN1CCC(C(=O)NC(C)Cc2ccccc2F)CC1. The van der Waals surface area contributed by atoms with Crippen molar-refractivity contribution in [1.82, 2.24) is 10.2 Å². The molecule has 22 heavy (non-hydrogen) atoms. The topological polar surface area (TPSA) is 32.3 Å². The lowest BCUT2D eigenvalue weighted by Crippen LogP contribution is -2.43. The van der Waals surface area contributed by atoms with E-state index in [1.807, 2.05) is 13.0 Å². The smallest absolute Gasteiger partial charge is 0.223 e. The number of benzene rings is 1. The minimum Gasteiger partial charge on any atom is -0.353 e. The minimum atomic E-state index is -0.216.